The van der Waals surface area contributed by atoms with Gasteiger partial charge in [-0.05, 0) is 12.1 Å². The molecule has 0 bridgehead atoms. The van der Waals surface area contributed by atoms with Crippen molar-refractivity contribution in [3.63, 3.8) is 0 Å². The number of H-pyrrole nitrogens is 2. The molecule has 4 heterocycles. The minimum Gasteiger partial charge on any atom is -0.357 e. The largest absolute Gasteiger partial charge is 0.357 e. The highest BCUT2D eigenvalue weighted by molar-refractivity contribution is 5.93. The minimum atomic E-state index is -0.0104. The molecule has 8 heteroatoms. The molecule has 0 saturated carbocycles. The highest BCUT2D eigenvalue weighted by Gasteiger charge is 2.24. The van der Waals surface area contributed by atoms with Crippen LogP contribution >= 0.6 is 0 Å². The van der Waals surface area contributed by atoms with E-state index in [0.717, 1.165) is 30.3 Å². The number of hydrogen-bond donors (Lipinski definition) is 2. The molecule has 0 atom stereocenters. The standard InChI is InChI=1S/C16H19N7O/c1-21-5-2-12(11-21)13-10-14(20-19-13)15(24)22-6-8-23(9-7-22)16-17-3-4-18-16/h2-5,10-11H,6-9H2,1H3,(H,17,18)(H,19,20). The van der Waals surface area contributed by atoms with Gasteiger partial charge in [0.2, 0.25) is 5.95 Å². The Bertz CT molecular complexity index is 824. The van der Waals surface area contributed by atoms with Crippen LogP contribution in [-0.2, 0) is 7.05 Å². The van der Waals surface area contributed by atoms with Crippen molar-refractivity contribution >= 4 is 11.9 Å². The van der Waals surface area contributed by atoms with Gasteiger partial charge in [-0.2, -0.15) is 5.10 Å². The summed E-state index contributed by atoms with van der Waals surface area (Å²) < 4.78 is 1.96. The summed E-state index contributed by atoms with van der Waals surface area (Å²) >= 11 is 0. The molecule has 0 aromatic carbocycles. The Balaban J connectivity index is 1.42. The second kappa shape index (κ2) is 5.88. The van der Waals surface area contributed by atoms with Gasteiger partial charge in [0, 0.05) is 63.6 Å². The predicted molar refractivity (Wildman–Crippen MR) is 89.7 cm³/mol. The van der Waals surface area contributed by atoms with Gasteiger partial charge in [-0.25, -0.2) is 4.98 Å². The number of carbonyl (C=O) groups excluding carboxylic acids is 1. The lowest BCUT2D eigenvalue weighted by atomic mass is 10.2. The molecule has 0 spiro atoms. The van der Waals surface area contributed by atoms with E-state index in [1.807, 2.05) is 47.2 Å². The Morgan fingerprint density at radius 2 is 2.08 bits per heavy atom. The summed E-state index contributed by atoms with van der Waals surface area (Å²) in [6.07, 6.45) is 7.48. The van der Waals surface area contributed by atoms with E-state index in [1.165, 1.54) is 0 Å². The molecule has 0 unspecified atom stereocenters. The molecule has 1 amide bonds. The molecular weight excluding hydrogens is 306 g/mol. The van der Waals surface area contributed by atoms with Gasteiger partial charge in [0.25, 0.3) is 5.91 Å². The highest BCUT2D eigenvalue weighted by Crippen LogP contribution is 2.19. The van der Waals surface area contributed by atoms with Gasteiger partial charge < -0.3 is 19.4 Å². The number of aromatic amines is 2. The number of aryl methyl sites for hydroxylation is 1. The molecule has 0 aliphatic carbocycles. The normalized spacial score (nSPS) is 15.0. The van der Waals surface area contributed by atoms with Crippen molar-refractivity contribution in [3.05, 3.63) is 42.6 Å². The molecule has 24 heavy (non-hydrogen) atoms. The molecule has 1 saturated heterocycles. The number of rotatable bonds is 3. The fourth-order valence-corrected chi connectivity index (χ4v) is 2.96. The number of carbonyl (C=O) groups is 1. The zero-order chi connectivity index (χ0) is 16.5. The van der Waals surface area contributed by atoms with E-state index >= 15 is 0 Å². The maximum absolute atomic E-state index is 12.7. The van der Waals surface area contributed by atoms with E-state index in [0.29, 0.717) is 18.8 Å². The van der Waals surface area contributed by atoms with Gasteiger partial charge in [0.15, 0.2) is 0 Å². The van der Waals surface area contributed by atoms with Crippen LogP contribution in [0.5, 0.6) is 0 Å². The summed E-state index contributed by atoms with van der Waals surface area (Å²) in [5, 5.41) is 7.13. The van der Waals surface area contributed by atoms with Gasteiger partial charge in [0.1, 0.15) is 5.69 Å². The number of amides is 1. The minimum absolute atomic E-state index is 0.0104. The van der Waals surface area contributed by atoms with Crippen LogP contribution in [0.2, 0.25) is 0 Å². The smallest absolute Gasteiger partial charge is 0.272 e. The molecule has 3 aromatic rings. The topological polar surface area (TPSA) is 85.8 Å². The van der Waals surface area contributed by atoms with Crippen LogP contribution in [0.3, 0.4) is 0 Å². The van der Waals surface area contributed by atoms with Crippen molar-refractivity contribution in [2.45, 2.75) is 0 Å². The molecular formula is C16H19N7O. The number of hydrogen-bond acceptors (Lipinski definition) is 4. The predicted octanol–water partition coefficient (Wildman–Crippen LogP) is 1.10. The average molecular weight is 325 g/mol. The molecule has 1 aliphatic rings. The SMILES string of the molecule is Cn1ccc(-c2cc(C(=O)N3CCN(c4ncc[nH]4)CC3)[nH]n2)c1. The first-order valence-corrected chi connectivity index (χ1v) is 7.92. The van der Waals surface area contributed by atoms with E-state index in [-0.39, 0.29) is 5.91 Å². The number of piperazine rings is 1. The summed E-state index contributed by atoms with van der Waals surface area (Å²) in [6, 6.07) is 3.79. The summed E-state index contributed by atoms with van der Waals surface area (Å²) in [7, 11) is 1.96. The molecule has 2 N–H and O–H groups in total. The number of nitrogens with one attached hydrogen (secondary N) is 2. The lowest BCUT2D eigenvalue weighted by Crippen LogP contribution is -2.49. The third-order valence-corrected chi connectivity index (χ3v) is 4.29. The summed E-state index contributed by atoms with van der Waals surface area (Å²) in [4.78, 5) is 24.0. The Hall–Kier alpha value is -3.03. The third kappa shape index (κ3) is 2.66. The molecule has 8 nitrogen and oxygen atoms in total. The lowest BCUT2D eigenvalue weighted by molar-refractivity contribution is 0.0740. The fraction of sp³-hybridized carbons (Fsp3) is 0.312. The van der Waals surface area contributed by atoms with Crippen molar-refractivity contribution < 1.29 is 4.79 Å². The molecule has 124 valence electrons. The molecule has 1 fully saturated rings. The van der Waals surface area contributed by atoms with Crippen LogP contribution in [-0.4, -0.2) is 61.7 Å². The van der Waals surface area contributed by atoms with Crippen LogP contribution in [0.4, 0.5) is 5.95 Å². The van der Waals surface area contributed by atoms with E-state index in [4.69, 9.17) is 0 Å². The highest BCUT2D eigenvalue weighted by atomic mass is 16.2. The van der Waals surface area contributed by atoms with Crippen LogP contribution < -0.4 is 4.90 Å². The van der Waals surface area contributed by atoms with Crippen molar-refractivity contribution in [1.29, 1.82) is 0 Å². The molecule has 4 rings (SSSR count). The maximum Gasteiger partial charge on any atom is 0.272 e. The third-order valence-electron chi connectivity index (χ3n) is 4.29. The monoisotopic (exact) mass is 325 g/mol. The zero-order valence-corrected chi connectivity index (χ0v) is 13.4. The summed E-state index contributed by atoms with van der Waals surface area (Å²) in [5.74, 6) is 0.846. The fourth-order valence-electron chi connectivity index (χ4n) is 2.96. The van der Waals surface area contributed by atoms with Crippen LogP contribution in [0.25, 0.3) is 11.3 Å². The first-order chi connectivity index (χ1) is 11.7. The molecule has 1 aliphatic heterocycles. The Kier molecular flexibility index (Phi) is 3.56. The summed E-state index contributed by atoms with van der Waals surface area (Å²) in [5.41, 5.74) is 2.31. The van der Waals surface area contributed by atoms with Crippen molar-refractivity contribution in [2.75, 3.05) is 31.1 Å². The van der Waals surface area contributed by atoms with Gasteiger partial charge in [-0.15, -0.1) is 0 Å². The maximum atomic E-state index is 12.7. The Labute approximate surface area is 139 Å². The van der Waals surface area contributed by atoms with Crippen LogP contribution in [0.15, 0.2) is 36.9 Å². The zero-order valence-electron chi connectivity index (χ0n) is 13.4. The number of nitrogens with zero attached hydrogens (tertiary/aromatic N) is 5. The second-order valence-corrected chi connectivity index (χ2v) is 5.92. The van der Waals surface area contributed by atoms with Gasteiger partial charge in [0.05, 0.1) is 5.69 Å². The quantitative estimate of drug-likeness (QED) is 0.755. The summed E-state index contributed by atoms with van der Waals surface area (Å²) in [6.45, 7) is 2.86. The van der Waals surface area contributed by atoms with Crippen molar-refractivity contribution in [3.8, 4) is 11.3 Å². The lowest BCUT2D eigenvalue weighted by Gasteiger charge is -2.34. The van der Waals surface area contributed by atoms with Gasteiger partial charge in [-0.3, -0.25) is 9.89 Å². The van der Waals surface area contributed by atoms with Gasteiger partial charge in [-0.1, -0.05) is 0 Å². The van der Waals surface area contributed by atoms with E-state index in [9.17, 15) is 4.79 Å². The second-order valence-electron chi connectivity index (χ2n) is 5.92. The van der Waals surface area contributed by atoms with E-state index in [1.54, 1.807) is 6.20 Å². The van der Waals surface area contributed by atoms with E-state index < -0.39 is 0 Å². The first kappa shape index (κ1) is 14.6. The van der Waals surface area contributed by atoms with Crippen LogP contribution in [0, 0.1) is 0 Å². The van der Waals surface area contributed by atoms with Crippen LogP contribution in [0.1, 0.15) is 10.5 Å². The van der Waals surface area contributed by atoms with Crippen molar-refractivity contribution in [1.82, 2.24) is 29.6 Å². The molecule has 3 aromatic heterocycles. The van der Waals surface area contributed by atoms with Crippen molar-refractivity contribution in [2.24, 2.45) is 7.05 Å². The first-order valence-electron chi connectivity index (χ1n) is 7.92. The average Bonchev–Trinajstić information content (AvgIpc) is 3.35. The Morgan fingerprint density at radius 3 is 2.75 bits per heavy atom. The van der Waals surface area contributed by atoms with E-state index in [2.05, 4.69) is 25.1 Å². The Morgan fingerprint density at radius 1 is 1.25 bits per heavy atom. The van der Waals surface area contributed by atoms with Gasteiger partial charge >= 0.3 is 0 Å². The molecule has 0 radical (unpaired) electrons. The number of anilines is 1. The number of aromatic nitrogens is 5. The number of imidazole rings is 1.